The van der Waals surface area contributed by atoms with Crippen LogP contribution < -0.4 is 15.4 Å². The number of phenols is 1. The molecular weight excluding hydrogens is 394 g/mol. The lowest BCUT2D eigenvalue weighted by Gasteiger charge is -2.34. The van der Waals surface area contributed by atoms with Gasteiger partial charge in [0.25, 0.3) is 5.91 Å². The second-order valence-electron chi connectivity index (χ2n) is 7.82. The highest BCUT2D eigenvalue weighted by molar-refractivity contribution is 6.09. The molecule has 2 aromatic rings. The molecule has 7 heteroatoms. The Bertz CT molecular complexity index is 1130. The topological polar surface area (TPSA) is 101 Å². The SMILES string of the molecule is COc1cc(C2C(C(=O)Nc3cccc(C)n3)=C(C)NC3=C2C(=O)CCC3)ccc1O. The summed E-state index contributed by atoms with van der Waals surface area (Å²) in [7, 11) is 1.47. The van der Waals surface area contributed by atoms with E-state index in [1.54, 1.807) is 18.2 Å². The van der Waals surface area contributed by atoms with Crippen LogP contribution in [0.2, 0.25) is 0 Å². The first-order valence-corrected chi connectivity index (χ1v) is 10.2. The average Bonchev–Trinajstić information content (AvgIpc) is 2.73. The molecule has 2 heterocycles. The van der Waals surface area contributed by atoms with Gasteiger partial charge in [-0.15, -0.1) is 0 Å². The van der Waals surface area contributed by atoms with E-state index in [9.17, 15) is 14.7 Å². The Morgan fingerprint density at radius 1 is 1.23 bits per heavy atom. The van der Waals surface area contributed by atoms with E-state index in [2.05, 4.69) is 15.6 Å². The Hall–Kier alpha value is -3.61. The summed E-state index contributed by atoms with van der Waals surface area (Å²) in [4.78, 5) is 30.7. The number of methoxy groups -OCH3 is 1. The Morgan fingerprint density at radius 2 is 2.03 bits per heavy atom. The van der Waals surface area contributed by atoms with Gasteiger partial charge in [0.15, 0.2) is 17.3 Å². The van der Waals surface area contributed by atoms with Crippen LogP contribution in [-0.4, -0.2) is 28.9 Å². The van der Waals surface area contributed by atoms with Crippen LogP contribution in [0.3, 0.4) is 0 Å². The number of aromatic nitrogens is 1. The molecule has 4 rings (SSSR count). The average molecular weight is 419 g/mol. The van der Waals surface area contributed by atoms with Crippen LogP contribution in [-0.2, 0) is 9.59 Å². The van der Waals surface area contributed by atoms with E-state index in [0.717, 1.165) is 24.2 Å². The number of anilines is 1. The highest BCUT2D eigenvalue weighted by Gasteiger charge is 2.38. The number of rotatable bonds is 4. The van der Waals surface area contributed by atoms with E-state index in [4.69, 9.17) is 4.74 Å². The number of ether oxygens (including phenoxy) is 1. The van der Waals surface area contributed by atoms with Gasteiger partial charge in [-0.1, -0.05) is 12.1 Å². The lowest BCUT2D eigenvalue weighted by molar-refractivity contribution is -0.116. The summed E-state index contributed by atoms with van der Waals surface area (Å²) in [6.45, 7) is 3.69. The zero-order valence-corrected chi connectivity index (χ0v) is 17.8. The molecule has 1 aromatic heterocycles. The van der Waals surface area contributed by atoms with Crippen molar-refractivity contribution < 1.29 is 19.4 Å². The fourth-order valence-corrected chi connectivity index (χ4v) is 4.29. The predicted octanol–water partition coefficient (Wildman–Crippen LogP) is 3.71. The number of hydrogen-bond acceptors (Lipinski definition) is 6. The van der Waals surface area contributed by atoms with Gasteiger partial charge in [0.1, 0.15) is 5.82 Å². The monoisotopic (exact) mass is 419 g/mol. The number of aromatic hydroxyl groups is 1. The van der Waals surface area contributed by atoms with Crippen LogP contribution in [0.25, 0.3) is 0 Å². The number of hydrogen-bond donors (Lipinski definition) is 3. The zero-order chi connectivity index (χ0) is 22.1. The van der Waals surface area contributed by atoms with Crippen LogP contribution in [0.15, 0.2) is 58.9 Å². The van der Waals surface area contributed by atoms with Gasteiger partial charge in [0.2, 0.25) is 0 Å². The summed E-state index contributed by atoms with van der Waals surface area (Å²) in [6, 6.07) is 10.3. The van der Waals surface area contributed by atoms with Crippen molar-refractivity contribution in [3.05, 3.63) is 70.2 Å². The van der Waals surface area contributed by atoms with E-state index < -0.39 is 5.92 Å². The van der Waals surface area contributed by atoms with Crippen molar-refractivity contribution in [2.45, 2.75) is 39.0 Å². The lowest BCUT2D eigenvalue weighted by Crippen LogP contribution is -2.35. The number of aryl methyl sites for hydroxylation is 1. The molecule has 1 atom stereocenters. The second kappa shape index (κ2) is 8.26. The quantitative estimate of drug-likeness (QED) is 0.699. The van der Waals surface area contributed by atoms with Gasteiger partial charge in [-0.2, -0.15) is 0 Å². The van der Waals surface area contributed by atoms with Crippen LogP contribution in [0.4, 0.5) is 5.82 Å². The van der Waals surface area contributed by atoms with E-state index in [1.165, 1.54) is 13.2 Å². The standard InChI is InChI=1S/C24H25N3O4/c1-13-6-4-9-20(25-13)27-24(30)21-14(2)26-16-7-5-8-18(29)23(16)22(21)15-10-11-17(28)19(12-15)31-3/h4,6,9-12,22,26,28H,5,7-8H2,1-3H3,(H,25,27,30). The van der Waals surface area contributed by atoms with Crippen molar-refractivity contribution in [1.29, 1.82) is 0 Å². The minimum atomic E-state index is -0.566. The van der Waals surface area contributed by atoms with Crippen molar-refractivity contribution in [3.8, 4) is 11.5 Å². The van der Waals surface area contributed by atoms with Crippen LogP contribution >= 0.6 is 0 Å². The first-order chi connectivity index (χ1) is 14.9. The van der Waals surface area contributed by atoms with Gasteiger partial charge in [-0.3, -0.25) is 9.59 Å². The molecule has 0 fully saturated rings. The van der Waals surface area contributed by atoms with Crippen LogP contribution in [0, 0.1) is 6.92 Å². The number of pyridine rings is 1. The fraction of sp³-hybridized carbons (Fsp3) is 0.292. The predicted molar refractivity (Wildman–Crippen MR) is 117 cm³/mol. The van der Waals surface area contributed by atoms with Gasteiger partial charge in [0, 0.05) is 40.6 Å². The van der Waals surface area contributed by atoms with Crippen molar-refractivity contribution in [3.63, 3.8) is 0 Å². The maximum atomic E-state index is 13.4. The molecule has 1 aliphatic carbocycles. The molecule has 0 bridgehead atoms. The van der Waals surface area contributed by atoms with E-state index in [-0.39, 0.29) is 17.4 Å². The summed E-state index contributed by atoms with van der Waals surface area (Å²) in [5.74, 6) is -0.132. The van der Waals surface area contributed by atoms with Gasteiger partial charge in [-0.05, 0) is 56.5 Å². The van der Waals surface area contributed by atoms with Gasteiger partial charge in [-0.25, -0.2) is 4.98 Å². The minimum Gasteiger partial charge on any atom is -0.504 e. The van der Waals surface area contributed by atoms with Gasteiger partial charge < -0.3 is 20.5 Å². The van der Waals surface area contributed by atoms with Gasteiger partial charge >= 0.3 is 0 Å². The fourth-order valence-electron chi connectivity index (χ4n) is 4.29. The van der Waals surface area contributed by atoms with Crippen molar-refractivity contribution in [1.82, 2.24) is 10.3 Å². The van der Waals surface area contributed by atoms with Crippen LogP contribution in [0.1, 0.15) is 43.4 Å². The largest absolute Gasteiger partial charge is 0.504 e. The molecule has 1 unspecified atom stereocenters. The van der Waals surface area contributed by atoms with E-state index in [0.29, 0.717) is 40.4 Å². The highest BCUT2D eigenvalue weighted by atomic mass is 16.5. The zero-order valence-electron chi connectivity index (χ0n) is 17.8. The third-order valence-electron chi connectivity index (χ3n) is 5.69. The van der Waals surface area contributed by atoms with E-state index in [1.807, 2.05) is 26.0 Å². The molecule has 1 aromatic carbocycles. The van der Waals surface area contributed by atoms with Crippen molar-refractivity contribution >= 4 is 17.5 Å². The lowest BCUT2D eigenvalue weighted by atomic mass is 9.75. The summed E-state index contributed by atoms with van der Waals surface area (Å²) in [5.41, 5.74) is 4.10. The Balaban J connectivity index is 1.81. The molecule has 1 amide bonds. The molecule has 0 radical (unpaired) electrons. The number of phenolic OH excluding ortho intramolecular Hbond substituents is 1. The normalized spacial score (nSPS) is 18.4. The number of benzene rings is 1. The maximum Gasteiger partial charge on any atom is 0.255 e. The molecule has 31 heavy (non-hydrogen) atoms. The molecule has 160 valence electrons. The summed E-state index contributed by atoms with van der Waals surface area (Å²) >= 11 is 0. The first kappa shape index (κ1) is 20.7. The second-order valence-corrected chi connectivity index (χ2v) is 7.82. The number of allylic oxidation sites excluding steroid dienone is 3. The van der Waals surface area contributed by atoms with Gasteiger partial charge in [0.05, 0.1) is 7.11 Å². The number of carbonyl (C=O) groups is 2. The third-order valence-corrected chi connectivity index (χ3v) is 5.69. The Labute approximate surface area is 180 Å². The molecular formula is C24H25N3O4. The number of ketones is 1. The third kappa shape index (κ3) is 3.91. The molecule has 2 aliphatic rings. The number of Topliss-reactive ketones (excluding diaryl/α,β-unsaturated/α-hetero) is 1. The molecule has 0 saturated carbocycles. The molecule has 1 aliphatic heterocycles. The van der Waals surface area contributed by atoms with Crippen molar-refractivity contribution in [2.75, 3.05) is 12.4 Å². The number of carbonyl (C=O) groups excluding carboxylic acids is 2. The Kier molecular flexibility index (Phi) is 5.50. The van der Waals surface area contributed by atoms with Crippen LogP contribution in [0.5, 0.6) is 11.5 Å². The number of amides is 1. The highest BCUT2D eigenvalue weighted by Crippen LogP contribution is 2.44. The summed E-state index contributed by atoms with van der Waals surface area (Å²) in [5, 5.41) is 16.2. The summed E-state index contributed by atoms with van der Waals surface area (Å²) in [6.07, 6.45) is 1.97. The minimum absolute atomic E-state index is 0.0000204. The molecule has 3 N–H and O–H groups in total. The smallest absolute Gasteiger partial charge is 0.255 e. The number of nitrogens with zero attached hydrogens (tertiary/aromatic N) is 1. The van der Waals surface area contributed by atoms with Crippen molar-refractivity contribution in [2.24, 2.45) is 0 Å². The molecule has 0 spiro atoms. The summed E-state index contributed by atoms with van der Waals surface area (Å²) < 4.78 is 5.28. The number of dihydropyridines is 1. The maximum absolute atomic E-state index is 13.4. The molecule has 0 saturated heterocycles. The first-order valence-electron chi connectivity index (χ1n) is 10.2. The molecule has 7 nitrogen and oxygen atoms in total. The van der Waals surface area contributed by atoms with E-state index >= 15 is 0 Å². The Morgan fingerprint density at radius 3 is 2.77 bits per heavy atom. The number of nitrogens with one attached hydrogen (secondary N) is 2.